The topological polar surface area (TPSA) is 75.3 Å². The fourth-order valence-corrected chi connectivity index (χ4v) is 4.82. The summed E-state index contributed by atoms with van der Waals surface area (Å²) in [5, 5.41) is -0.607. The normalized spacial score (nSPS) is 15.3. The Hall–Kier alpha value is -2.39. The van der Waals surface area contributed by atoms with Crippen LogP contribution in [-0.4, -0.2) is 19.6 Å². The first-order valence-corrected chi connectivity index (χ1v) is 10.8. The van der Waals surface area contributed by atoms with Crippen LogP contribution in [0.15, 0.2) is 30.3 Å². The van der Waals surface area contributed by atoms with Crippen LogP contribution in [0.3, 0.4) is 0 Å². The summed E-state index contributed by atoms with van der Waals surface area (Å²) in [6.45, 7) is 1.40. The summed E-state index contributed by atoms with van der Waals surface area (Å²) >= 11 is 0. The Kier molecular flexibility index (Phi) is 6.28. The van der Waals surface area contributed by atoms with E-state index in [0.29, 0.717) is 18.9 Å². The van der Waals surface area contributed by atoms with E-state index in [0.717, 1.165) is 37.5 Å². The van der Waals surface area contributed by atoms with Crippen molar-refractivity contribution in [2.75, 3.05) is 0 Å². The van der Waals surface area contributed by atoms with Crippen molar-refractivity contribution in [1.82, 2.24) is 10.3 Å². The number of hydrogen-bond acceptors (Lipinski definition) is 3. The van der Waals surface area contributed by atoms with Gasteiger partial charge in [0.05, 0.1) is 10.8 Å². The molecule has 2 aromatic carbocycles. The zero-order valence-electron chi connectivity index (χ0n) is 15.8. The van der Waals surface area contributed by atoms with Crippen molar-refractivity contribution in [3.8, 4) is 11.1 Å². The van der Waals surface area contributed by atoms with E-state index in [1.54, 1.807) is 0 Å². The summed E-state index contributed by atoms with van der Waals surface area (Å²) in [5.41, 5.74) is 2.03. The summed E-state index contributed by atoms with van der Waals surface area (Å²) in [5.74, 6) is -3.47. The van der Waals surface area contributed by atoms with Crippen LogP contribution in [0.1, 0.15) is 48.0 Å². The number of halogens is 3. The second-order valence-electron chi connectivity index (χ2n) is 7.17. The van der Waals surface area contributed by atoms with Gasteiger partial charge in [-0.25, -0.2) is 21.6 Å². The molecule has 0 saturated heterocycles. The van der Waals surface area contributed by atoms with Crippen LogP contribution >= 0.6 is 0 Å². The molecule has 1 aliphatic rings. The average Bonchev–Trinajstić information content (AvgIpc) is 2.68. The second-order valence-corrected chi connectivity index (χ2v) is 9.13. The van der Waals surface area contributed by atoms with Gasteiger partial charge >= 0.3 is 0 Å². The number of hydrazine groups is 1. The molecule has 1 aliphatic carbocycles. The second kappa shape index (κ2) is 8.54. The van der Waals surface area contributed by atoms with Gasteiger partial charge in [0.2, 0.25) is 10.0 Å². The number of rotatable bonds is 5. The minimum absolute atomic E-state index is 0.0763. The van der Waals surface area contributed by atoms with Crippen LogP contribution in [-0.2, 0) is 10.0 Å². The third-order valence-corrected chi connectivity index (χ3v) is 6.73. The molecule has 0 aliphatic heterocycles. The highest BCUT2D eigenvalue weighted by Crippen LogP contribution is 2.27. The van der Waals surface area contributed by atoms with E-state index in [9.17, 15) is 26.4 Å². The summed E-state index contributed by atoms with van der Waals surface area (Å²) in [7, 11) is -3.79. The molecular weight excluding hydrogens is 405 g/mol. The fraction of sp³-hybridized carbons (Fsp3) is 0.350. The first kappa shape index (κ1) is 21.3. The summed E-state index contributed by atoms with van der Waals surface area (Å²) in [6, 6.07) is 5.30. The van der Waals surface area contributed by atoms with Gasteiger partial charge < -0.3 is 0 Å². The Labute approximate surface area is 167 Å². The van der Waals surface area contributed by atoms with Gasteiger partial charge in [0.25, 0.3) is 5.91 Å². The molecule has 3 rings (SSSR count). The van der Waals surface area contributed by atoms with Crippen LogP contribution in [0, 0.1) is 24.4 Å². The predicted octanol–water partition coefficient (Wildman–Crippen LogP) is 3.98. The lowest BCUT2D eigenvalue weighted by Crippen LogP contribution is -2.46. The molecule has 156 valence electrons. The molecule has 2 N–H and O–H groups in total. The number of sulfonamides is 1. The highest BCUT2D eigenvalue weighted by Gasteiger charge is 2.28. The molecule has 1 amide bonds. The number of carbonyl (C=O) groups is 1. The molecule has 0 unspecified atom stereocenters. The Morgan fingerprint density at radius 2 is 1.52 bits per heavy atom. The molecular formula is C20H21F3N2O3S. The van der Waals surface area contributed by atoms with Crippen molar-refractivity contribution in [3.05, 3.63) is 58.9 Å². The molecule has 1 saturated carbocycles. The number of aryl methyl sites for hydroxylation is 1. The van der Waals surface area contributed by atoms with Crippen LogP contribution in [0.25, 0.3) is 11.1 Å². The lowest BCUT2D eigenvalue weighted by Gasteiger charge is -2.22. The van der Waals surface area contributed by atoms with Crippen molar-refractivity contribution in [2.24, 2.45) is 0 Å². The summed E-state index contributed by atoms with van der Waals surface area (Å²) in [4.78, 5) is 14.5. The Balaban J connectivity index is 1.84. The van der Waals surface area contributed by atoms with Crippen molar-refractivity contribution in [3.63, 3.8) is 0 Å². The van der Waals surface area contributed by atoms with Gasteiger partial charge in [-0.15, -0.1) is 4.83 Å². The average molecular weight is 426 g/mol. The summed E-state index contributed by atoms with van der Waals surface area (Å²) < 4.78 is 66.2. The molecule has 0 radical (unpaired) electrons. The van der Waals surface area contributed by atoms with Crippen molar-refractivity contribution < 1.29 is 26.4 Å². The fourth-order valence-electron chi connectivity index (χ4n) is 3.47. The molecule has 9 heteroatoms. The van der Waals surface area contributed by atoms with E-state index in [1.807, 2.05) is 10.3 Å². The highest BCUT2D eigenvalue weighted by molar-refractivity contribution is 7.90. The minimum Gasteiger partial charge on any atom is -0.274 e. The van der Waals surface area contributed by atoms with Gasteiger partial charge in [-0.1, -0.05) is 19.3 Å². The Morgan fingerprint density at radius 3 is 2.14 bits per heavy atom. The number of amides is 1. The number of carbonyl (C=O) groups excluding carboxylic acids is 1. The van der Waals surface area contributed by atoms with Gasteiger partial charge in [0.15, 0.2) is 0 Å². The zero-order chi connectivity index (χ0) is 21.2. The zero-order valence-corrected chi connectivity index (χ0v) is 16.6. The molecule has 0 heterocycles. The molecule has 5 nitrogen and oxygen atoms in total. The van der Waals surface area contributed by atoms with Crippen molar-refractivity contribution >= 4 is 15.9 Å². The van der Waals surface area contributed by atoms with Crippen molar-refractivity contribution in [2.45, 2.75) is 44.3 Å². The highest BCUT2D eigenvalue weighted by atomic mass is 32.2. The number of nitrogens with one attached hydrogen (secondary N) is 2. The van der Waals surface area contributed by atoms with Gasteiger partial charge in [0.1, 0.15) is 17.5 Å². The Morgan fingerprint density at radius 1 is 0.931 bits per heavy atom. The van der Waals surface area contributed by atoms with E-state index < -0.39 is 44.2 Å². The number of benzene rings is 2. The maximum atomic E-state index is 14.5. The monoisotopic (exact) mass is 426 g/mol. The molecule has 0 bridgehead atoms. The van der Waals surface area contributed by atoms with E-state index in [4.69, 9.17) is 0 Å². The smallest absolute Gasteiger partial charge is 0.269 e. The van der Waals surface area contributed by atoms with Crippen LogP contribution in [0.5, 0.6) is 0 Å². The van der Waals surface area contributed by atoms with Crippen LogP contribution < -0.4 is 10.3 Å². The molecule has 2 aromatic rings. The lowest BCUT2D eigenvalue weighted by molar-refractivity contribution is 0.0940. The maximum absolute atomic E-state index is 14.5. The van der Waals surface area contributed by atoms with Gasteiger partial charge in [-0.05, 0) is 60.7 Å². The van der Waals surface area contributed by atoms with E-state index in [1.165, 1.54) is 13.0 Å². The van der Waals surface area contributed by atoms with Crippen molar-refractivity contribution in [1.29, 1.82) is 0 Å². The van der Waals surface area contributed by atoms with Gasteiger partial charge in [-0.2, -0.15) is 0 Å². The lowest BCUT2D eigenvalue weighted by atomic mass is 9.99. The first-order valence-electron chi connectivity index (χ1n) is 9.25. The molecule has 1 fully saturated rings. The number of hydrogen-bond donors (Lipinski definition) is 2. The molecule has 29 heavy (non-hydrogen) atoms. The third kappa shape index (κ3) is 4.97. The van der Waals surface area contributed by atoms with E-state index in [-0.39, 0.29) is 16.7 Å². The minimum atomic E-state index is -3.79. The van der Waals surface area contributed by atoms with Crippen LogP contribution in [0.2, 0.25) is 0 Å². The Bertz CT molecular complexity index is 1020. The molecule has 0 atom stereocenters. The van der Waals surface area contributed by atoms with E-state index in [2.05, 4.69) is 0 Å². The largest absolute Gasteiger partial charge is 0.274 e. The van der Waals surface area contributed by atoms with Gasteiger partial charge in [0, 0.05) is 6.07 Å². The predicted molar refractivity (Wildman–Crippen MR) is 103 cm³/mol. The maximum Gasteiger partial charge on any atom is 0.269 e. The van der Waals surface area contributed by atoms with Crippen LogP contribution in [0.4, 0.5) is 13.2 Å². The standard InChI is InChI=1S/C20H21F3N2O3S/c1-12-7-13(14-8-15(21)11-16(22)9-14)10-18(19(12)23)20(26)24-25-29(27,28)17-5-3-2-4-6-17/h7-11,17,25H,2-6H2,1H3,(H,24,26). The molecule has 0 spiro atoms. The quantitative estimate of drug-likeness (QED) is 0.711. The first-order chi connectivity index (χ1) is 13.7. The van der Waals surface area contributed by atoms with E-state index >= 15 is 0 Å². The van der Waals surface area contributed by atoms with Gasteiger partial charge in [-0.3, -0.25) is 10.2 Å². The third-order valence-electron chi connectivity index (χ3n) is 4.99. The SMILES string of the molecule is Cc1cc(-c2cc(F)cc(F)c2)cc(C(=O)NNS(=O)(=O)C2CCCCC2)c1F. The summed E-state index contributed by atoms with van der Waals surface area (Å²) in [6.07, 6.45) is 3.55. The molecule has 0 aromatic heterocycles.